The summed E-state index contributed by atoms with van der Waals surface area (Å²) in [6, 6.07) is 8.94. The number of carboxylic acids is 1. The van der Waals surface area contributed by atoms with Crippen LogP contribution < -0.4 is 4.90 Å². The summed E-state index contributed by atoms with van der Waals surface area (Å²) >= 11 is 5.97. The van der Waals surface area contributed by atoms with E-state index in [9.17, 15) is 9.59 Å². The molecule has 7 heteroatoms. The minimum atomic E-state index is -1.05. The van der Waals surface area contributed by atoms with Gasteiger partial charge in [-0.3, -0.25) is 14.5 Å². The van der Waals surface area contributed by atoms with Crippen molar-refractivity contribution in [1.29, 1.82) is 0 Å². The average Bonchev–Trinajstić information content (AvgIpc) is 2.86. The molecule has 0 aliphatic carbocycles. The monoisotopic (exact) mass is 305 g/mol. The van der Waals surface area contributed by atoms with Crippen LogP contribution in [0.5, 0.6) is 0 Å². The number of anilines is 1. The predicted octanol–water partition coefficient (Wildman–Crippen LogP) is 2.02. The molecule has 21 heavy (non-hydrogen) atoms. The number of amides is 1. The summed E-state index contributed by atoms with van der Waals surface area (Å²) in [5, 5.41) is 13.9. The van der Waals surface area contributed by atoms with Gasteiger partial charge >= 0.3 is 5.97 Å². The van der Waals surface area contributed by atoms with Gasteiger partial charge in [0.25, 0.3) is 0 Å². The number of carboxylic acid groups (broad SMARTS) is 1. The molecule has 108 valence electrons. The fourth-order valence-electron chi connectivity index (χ4n) is 2.35. The molecule has 2 heterocycles. The summed E-state index contributed by atoms with van der Waals surface area (Å²) in [6.07, 6.45) is 0.247. The zero-order valence-electron chi connectivity index (χ0n) is 11.0. The number of hydrogen-bond acceptors (Lipinski definition) is 3. The zero-order valence-corrected chi connectivity index (χ0v) is 11.7. The van der Waals surface area contributed by atoms with E-state index in [0.29, 0.717) is 23.1 Å². The fraction of sp³-hybridized carbons (Fsp3) is 0.214. The Labute approximate surface area is 125 Å². The minimum Gasteiger partial charge on any atom is -0.480 e. The van der Waals surface area contributed by atoms with Crippen LogP contribution in [0.4, 0.5) is 5.82 Å². The third kappa shape index (κ3) is 2.62. The van der Waals surface area contributed by atoms with Crippen molar-refractivity contribution < 1.29 is 14.7 Å². The van der Waals surface area contributed by atoms with Crippen LogP contribution in [0.15, 0.2) is 30.3 Å². The van der Waals surface area contributed by atoms with Gasteiger partial charge in [0.2, 0.25) is 5.91 Å². The molecule has 1 N–H and O–H groups in total. The van der Waals surface area contributed by atoms with Gasteiger partial charge in [0.05, 0.1) is 12.2 Å². The Kier molecular flexibility index (Phi) is 3.39. The number of aryl methyl sites for hydroxylation is 1. The quantitative estimate of drug-likeness (QED) is 0.941. The topological polar surface area (TPSA) is 75.4 Å². The Morgan fingerprint density at radius 1 is 1.38 bits per heavy atom. The van der Waals surface area contributed by atoms with Crippen molar-refractivity contribution in [3.05, 3.63) is 35.4 Å². The van der Waals surface area contributed by atoms with Gasteiger partial charge in [0, 0.05) is 23.1 Å². The Hall–Kier alpha value is -2.34. The van der Waals surface area contributed by atoms with Crippen molar-refractivity contribution in [2.24, 2.45) is 0 Å². The molecule has 0 radical (unpaired) electrons. The number of nitrogens with zero attached hydrogens (tertiary/aromatic N) is 3. The Morgan fingerprint density at radius 3 is 2.90 bits per heavy atom. The first kappa shape index (κ1) is 13.6. The maximum Gasteiger partial charge on any atom is 0.323 e. The number of carbonyl (C=O) groups is 2. The number of fused-ring (bicyclic) bond motifs is 1. The summed E-state index contributed by atoms with van der Waals surface area (Å²) in [6.45, 7) is 0.0877. The lowest BCUT2D eigenvalue weighted by atomic mass is 10.1. The number of halogens is 1. The zero-order chi connectivity index (χ0) is 15.0. The second-order valence-corrected chi connectivity index (χ2v) is 5.18. The second kappa shape index (κ2) is 5.21. The molecule has 1 aliphatic rings. The van der Waals surface area contributed by atoms with E-state index in [4.69, 9.17) is 16.7 Å². The highest BCUT2D eigenvalue weighted by molar-refractivity contribution is 6.30. The number of rotatable bonds is 3. The Balaban J connectivity index is 2.02. The van der Waals surface area contributed by atoms with Gasteiger partial charge in [-0.05, 0) is 12.1 Å². The van der Waals surface area contributed by atoms with E-state index in [2.05, 4.69) is 5.10 Å². The molecular formula is C14H12ClN3O3. The second-order valence-electron chi connectivity index (χ2n) is 4.74. The van der Waals surface area contributed by atoms with E-state index < -0.39 is 5.97 Å². The summed E-state index contributed by atoms with van der Waals surface area (Å²) in [5.74, 6) is -0.756. The van der Waals surface area contributed by atoms with Gasteiger partial charge in [-0.15, -0.1) is 0 Å². The van der Waals surface area contributed by atoms with Crippen LogP contribution in [-0.4, -0.2) is 33.3 Å². The summed E-state index contributed by atoms with van der Waals surface area (Å²) in [5.41, 5.74) is 1.49. The molecule has 1 amide bonds. The van der Waals surface area contributed by atoms with Crippen LogP contribution in [0.2, 0.25) is 5.02 Å². The van der Waals surface area contributed by atoms with Crippen LogP contribution in [-0.2, 0) is 16.1 Å². The van der Waals surface area contributed by atoms with Crippen LogP contribution in [0.25, 0.3) is 11.3 Å². The number of hydrogen-bond donors (Lipinski definition) is 1. The number of aliphatic carboxylic acids is 1. The van der Waals surface area contributed by atoms with E-state index in [0.717, 1.165) is 5.56 Å². The molecule has 0 saturated heterocycles. The smallest absolute Gasteiger partial charge is 0.323 e. The number of carbonyl (C=O) groups excluding carboxylic acids is 1. The largest absolute Gasteiger partial charge is 0.480 e. The molecule has 2 aromatic rings. The maximum atomic E-state index is 11.9. The minimum absolute atomic E-state index is 0.206. The van der Waals surface area contributed by atoms with Gasteiger partial charge in [-0.2, -0.15) is 5.10 Å². The molecule has 1 aliphatic heterocycles. The van der Waals surface area contributed by atoms with Crippen molar-refractivity contribution in [1.82, 2.24) is 9.78 Å². The normalized spacial score (nSPS) is 14.1. The van der Waals surface area contributed by atoms with Crippen molar-refractivity contribution in [3.63, 3.8) is 0 Å². The average molecular weight is 306 g/mol. The first-order valence-electron chi connectivity index (χ1n) is 6.40. The molecule has 0 bridgehead atoms. The molecule has 0 unspecified atom stereocenters. The molecule has 0 saturated carbocycles. The molecule has 3 rings (SSSR count). The Morgan fingerprint density at radius 2 is 2.19 bits per heavy atom. The SMILES string of the molecule is O=C(O)CN1C(=O)CCn2nc(-c3cccc(Cl)c3)cc21. The molecule has 0 fully saturated rings. The molecular weight excluding hydrogens is 294 g/mol. The van der Waals surface area contributed by atoms with Crippen molar-refractivity contribution in [2.75, 3.05) is 11.4 Å². The lowest BCUT2D eigenvalue weighted by molar-refractivity contribution is -0.136. The first-order chi connectivity index (χ1) is 10.0. The highest BCUT2D eigenvalue weighted by Crippen LogP contribution is 2.29. The van der Waals surface area contributed by atoms with Crippen molar-refractivity contribution in [2.45, 2.75) is 13.0 Å². The lowest BCUT2D eigenvalue weighted by Crippen LogP contribution is -2.40. The van der Waals surface area contributed by atoms with E-state index >= 15 is 0 Å². The highest BCUT2D eigenvalue weighted by atomic mass is 35.5. The third-order valence-corrected chi connectivity index (χ3v) is 3.52. The van der Waals surface area contributed by atoms with Crippen LogP contribution in [0, 0.1) is 0 Å². The molecule has 1 aromatic carbocycles. The standard InChI is InChI=1S/C14H12ClN3O3/c15-10-3-1-2-9(6-10)11-7-12-17(8-14(20)21)13(19)4-5-18(12)16-11/h1-3,6-7H,4-5,8H2,(H,20,21). The molecule has 0 atom stereocenters. The van der Waals surface area contributed by atoms with Gasteiger partial charge in [-0.25, -0.2) is 4.68 Å². The van der Waals surface area contributed by atoms with Crippen LogP contribution >= 0.6 is 11.6 Å². The fourth-order valence-corrected chi connectivity index (χ4v) is 2.54. The van der Waals surface area contributed by atoms with E-state index in [-0.39, 0.29) is 18.9 Å². The first-order valence-corrected chi connectivity index (χ1v) is 6.78. The predicted molar refractivity (Wildman–Crippen MR) is 77.3 cm³/mol. The van der Waals surface area contributed by atoms with Gasteiger partial charge in [0.15, 0.2) is 0 Å². The van der Waals surface area contributed by atoms with E-state index in [1.807, 2.05) is 12.1 Å². The van der Waals surface area contributed by atoms with Gasteiger partial charge in [0.1, 0.15) is 12.4 Å². The molecule has 0 spiro atoms. The third-order valence-electron chi connectivity index (χ3n) is 3.29. The van der Waals surface area contributed by atoms with Gasteiger partial charge in [-0.1, -0.05) is 23.7 Å². The van der Waals surface area contributed by atoms with Gasteiger partial charge < -0.3 is 5.11 Å². The van der Waals surface area contributed by atoms with Crippen LogP contribution in [0.1, 0.15) is 6.42 Å². The number of benzene rings is 1. The molecule has 1 aromatic heterocycles. The van der Waals surface area contributed by atoms with E-state index in [1.165, 1.54) is 4.90 Å². The summed E-state index contributed by atoms with van der Waals surface area (Å²) in [7, 11) is 0. The van der Waals surface area contributed by atoms with Crippen molar-refractivity contribution in [3.8, 4) is 11.3 Å². The van der Waals surface area contributed by atoms with Crippen molar-refractivity contribution >= 4 is 29.3 Å². The number of aromatic nitrogens is 2. The Bertz CT molecular complexity index is 726. The maximum absolute atomic E-state index is 11.9. The summed E-state index contributed by atoms with van der Waals surface area (Å²) in [4.78, 5) is 24.0. The molecule has 6 nitrogen and oxygen atoms in total. The van der Waals surface area contributed by atoms with Crippen LogP contribution in [0.3, 0.4) is 0 Å². The lowest BCUT2D eigenvalue weighted by Gasteiger charge is -2.25. The van der Waals surface area contributed by atoms with E-state index in [1.54, 1.807) is 22.9 Å². The highest BCUT2D eigenvalue weighted by Gasteiger charge is 2.27. The summed E-state index contributed by atoms with van der Waals surface area (Å²) < 4.78 is 1.65.